The van der Waals surface area contributed by atoms with Crippen LogP contribution in [0.4, 0.5) is 5.95 Å². The number of fused-ring (bicyclic) bond motifs is 3. The molecule has 0 radical (unpaired) electrons. The number of nitrogens with zero attached hydrogens (tertiary/aromatic N) is 7. The molecule has 0 aliphatic carbocycles. The molecule has 0 fully saturated rings. The van der Waals surface area contributed by atoms with Crippen LogP contribution < -0.4 is 85.9 Å². The van der Waals surface area contributed by atoms with Crippen molar-refractivity contribution in [1.82, 2.24) is 29.1 Å². The maximum Gasteiger partial charge on any atom is 1.00 e. The average molecular weight is 604 g/mol. The standard InChI is InChI=1S/C25H21N8O6P.2Na/c1-25(2,12-26)15-3-5-16(6-4-15)33-21-17(22(34)32(24(33)35)13-39-40(36,37)38)11-28-19-8-7-18(31-20(19)21)14-9-29-23(27)30-10-14;;/h3-11H,13H2,1-2H3,(H2,27,29,30)(H2,36,37,38);;/q;2*+1/p-2. The van der Waals surface area contributed by atoms with Crippen LogP contribution in [0.2, 0.25) is 0 Å². The van der Waals surface area contributed by atoms with E-state index < -0.39 is 31.2 Å². The molecular weight excluding hydrogens is 585 g/mol. The van der Waals surface area contributed by atoms with Crippen molar-refractivity contribution in [2.45, 2.75) is 26.0 Å². The fourth-order valence-electron chi connectivity index (χ4n) is 4.09. The number of hydrogen-bond donors (Lipinski definition) is 1. The first-order valence-electron chi connectivity index (χ1n) is 11.6. The van der Waals surface area contributed by atoms with Crippen molar-refractivity contribution in [2.24, 2.45) is 0 Å². The van der Waals surface area contributed by atoms with E-state index in [2.05, 4.69) is 30.5 Å². The summed E-state index contributed by atoms with van der Waals surface area (Å²) < 4.78 is 17.0. The number of nitriles is 1. The SMILES string of the molecule is CC(C)(C#N)c1ccc(-n2c(=O)n(COP(=O)([O-])[O-])c(=O)c3cnc4ccc(-c5cnc(N)nc5)nc4c32)cc1.[Na+].[Na+]. The smallest absolute Gasteiger partial charge is 0.790 e. The van der Waals surface area contributed by atoms with Crippen molar-refractivity contribution in [1.29, 1.82) is 5.26 Å². The molecule has 2 N–H and O–H groups in total. The Morgan fingerprint density at radius 1 is 1.02 bits per heavy atom. The molecule has 42 heavy (non-hydrogen) atoms. The molecule has 5 aromatic rings. The molecule has 0 saturated carbocycles. The molecule has 5 rings (SSSR count). The zero-order chi connectivity index (χ0) is 28.8. The van der Waals surface area contributed by atoms with E-state index in [1.165, 1.54) is 18.6 Å². The average Bonchev–Trinajstić information content (AvgIpc) is 2.92. The van der Waals surface area contributed by atoms with Crippen molar-refractivity contribution in [3.8, 4) is 23.0 Å². The summed E-state index contributed by atoms with van der Waals surface area (Å²) in [5.41, 5.74) is 5.28. The molecule has 0 aliphatic rings. The van der Waals surface area contributed by atoms with Crippen molar-refractivity contribution >= 4 is 35.7 Å². The number of phosphoric ester groups is 1. The first kappa shape index (κ1) is 33.7. The van der Waals surface area contributed by atoms with Gasteiger partial charge in [-0.25, -0.2) is 24.3 Å². The first-order valence-corrected chi connectivity index (χ1v) is 13.1. The zero-order valence-electron chi connectivity index (χ0n) is 23.0. The third-order valence-corrected chi connectivity index (χ3v) is 6.68. The third kappa shape index (κ3) is 6.56. The van der Waals surface area contributed by atoms with E-state index in [-0.39, 0.29) is 87.2 Å². The fourth-order valence-corrected chi connectivity index (χ4v) is 4.35. The van der Waals surface area contributed by atoms with E-state index >= 15 is 0 Å². The van der Waals surface area contributed by atoms with E-state index in [1.54, 1.807) is 50.2 Å². The Morgan fingerprint density at radius 3 is 2.26 bits per heavy atom. The minimum absolute atomic E-state index is 0. The van der Waals surface area contributed by atoms with Gasteiger partial charge in [0.1, 0.15) is 12.2 Å². The topological polar surface area (TPSA) is 218 Å². The molecule has 0 amide bonds. The summed E-state index contributed by atoms with van der Waals surface area (Å²) >= 11 is 0. The predicted molar refractivity (Wildman–Crippen MR) is 140 cm³/mol. The van der Waals surface area contributed by atoms with Crippen LogP contribution in [0.5, 0.6) is 0 Å². The Labute approximate surface area is 282 Å². The largest absolute Gasteiger partial charge is 1.00 e. The molecule has 17 heteroatoms. The second kappa shape index (κ2) is 12.8. The van der Waals surface area contributed by atoms with Gasteiger partial charge in [0, 0.05) is 24.2 Å². The maximum absolute atomic E-state index is 13.7. The summed E-state index contributed by atoms with van der Waals surface area (Å²) in [6, 6.07) is 11.9. The summed E-state index contributed by atoms with van der Waals surface area (Å²) in [5.74, 6) is 0.0667. The van der Waals surface area contributed by atoms with Crippen molar-refractivity contribution in [2.75, 3.05) is 5.73 Å². The normalized spacial score (nSPS) is 11.5. The number of nitrogens with two attached hydrogens (primary N) is 1. The first-order chi connectivity index (χ1) is 18.9. The van der Waals surface area contributed by atoms with Gasteiger partial charge in [-0.1, -0.05) is 12.1 Å². The van der Waals surface area contributed by atoms with Gasteiger partial charge in [0.05, 0.1) is 47.1 Å². The van der Waals surface area contributed by atoms with Crippen LogP contribution in [0.1, 0.15) is 19.4 Å². The molecule has 0 bridgehead atoms. The molecule has 0 aliphatic heterocycles. The Bertz CT molecular complexity index is 2000. The van der Waals surface area contributed by atoms with Gasteiger partial charge in [-0.2, -0.15) is 5.26 Å². The Hall–Kier alpha value is -2.80. The number of benzene rings is 1. The van der Waals surface area contributed by atoms with Crippen LogP contribution in [0, 0.1) is 11.3 Å². The molecule has 4 aromatic heterocycles. The molecule has 0 spiro atoms. The van der Waals surface area contributed by atoms with Gasteiger partial charge in [0.2, 0.25) is 5.95 Å². The second-order valence-corrected chi connectivity index (χ2v) is 10.4. The molecule has 202 valence electrons. The van der Waals surface area contributed by atoms with Crippen LogP contribution in [-0.2, 0) is 21.2 Å². The number of anilines is 1. The van der Waals surface area contributed by atoms with Gasteiger partial charge in [-0.05, 0) is 43.7 Å². The molecule has 1 aromatic carbocycles. The zero-order valence-corrected chi connectivity index (χ0v) is 27.9. The molecule has 0 saturated heterocycles. The summed E-state index contributed by atoms with van der Waals surface area (Å²) in [7, 11) is -5.52. The Morgan fingerprint density at radius 2 is 1.67 bits per heavy atom. The van der Waals surface area contributed by atoms with Crippen molar-refractivity contribution in [3.63, 3.8) is 0 Å². The van der Waals surface area contributed by atoms with E-state index in [1.807, 2.05) is 0 Å². The van der Waals surface area contributed by atoms with Gasteiger partial charge in [-0.15, -0.1) is 0 Å². The molecular formula is C25H19N8Na2O6P. The summed E-state index contributed by atoms with van der Waals surface area (Å²) in [5, 5.41) is 9.41. The second-order valence-electron chi connectivity index (χ2n) is 9.25. The Kier molecular flexibility index (Phi) is 10.3. The molecule has 14 nitrogen and oxygen atoms in total. The Balaban J connectivity index is 0.00000242. The van der Waals surface area contributed by atoms with E-state index in [4.69, 9.17) is 5.73 Å². The number of aromatic nitrogens is 6. The molecule has 0 unspecified atom stereocenters. The number of nitrogen functional groups attached to an aromatic ring is 1. The van der Waals surface area contributed by atoms with E-state index in [9.17, 15) is 29.2 Å². The number of phosphoric acid groups is 1. The summed E-state index contributed by atoms with van der Waals surface area (Å²) in [6.07, 6.45) is 4.15. The van der Waals surface area contributed by atoms with Crippen molar-refractivity contribution < 1.29 is 78.0 Å². The number of rotatable bonds is 6. The predicted octanol–water partition coefficient (Wildman–Crippen LogP) is -5.25. The van der Waals surface area contributed by atoms with Gasteiger partial charge in [0.15, 0.2) is 0 Å². The quantitative estimate of drug-likeness (QED) is 0.109. The minimum atomic E-state index is -5.52. The summed E-state index contributed by atoms with van der Waals surface area (Å²) in [6.45, 7) is 2.33. The van der Waals surface area contributed by atoms with Gasteiger partial charge in [0.25, 0.3) is 5.56 Å². The van der Waals surface area contributed by atoms with E-state index in [0.717, 1.165) is 4.57 Å². The number of hydrogen-bond acceptors (Lipinski definition) is 12. The fraction of sp³-hybridized carbons (Fsp3) is 0.160. The van der Waals surface area contributed by atoms with Crippen LogP contribution >= 0.6 is 7.82 Å². The molecule has 0 atom stereocenters. The van der Waals surface area contributed by atoms with Crippen LogP contribution in [0.25, 0.3) is 38.9 Å². The van der Waals surface area contributed by atoms with Crippen molar-refractivity contribution in [3.05, 3.63) is 81.4 Å². The van der Waals surface area contributed by atoms with Crippen LogP contribution in [0.15, 0.2) is 64.6 Å². The van der Waals surface area contributed by atoms with Gasteiger partial charge >= 0.3 is 64.8 Å². The molecule has 4 heterocycles. The van der Waals surface area contributed by atoms with Gasteiger partial charge < -0.3 is 24.6 Å². The van der Waals surface area contributed by atoms with Crippen LogP contribution in [-0.4, -0.2) is 29.1 Å². The maximum atomic E-state index is 13.7. The van der Waals surface area contributed by atoms with Crippen LogP contribution in [0.3, 0.4) is 0 Å². The third-order valence-electron chi connectivity index (χ3n) is 6.25. The van der Waals surface area contributed by atoms with E-state index in [0.29, 0.717) is 26.9 Å². The van der Waals surface area contributed by atoms with Gasteiger partial charge in [-0.3, -0.25) is 14.3 Å². The monoisotopic (exact) mass is 604 g/mol. The summed E-state index contributed by atoms with van der Waals surface area (Å²) in [4.78, 5) is 66.2. The number of pyridine rings is 2. The minimum Gasteiger partial charge on any atom is -0.790 e.